The number of aryl methyl sites for hydroxylation is 1. The van der Waals surface area contributed by atoms with Gasteiger partial charge in [0.15, 0.2) is 0 Å². The molecule has 1 N–H and O–H groups in total. The molecule has 1 atom stereocenters. The molecule has 0 aromatic carbocycles. The molecule has 6 heteroatoms. The monoisotopic (exact) mass is 283 g/mol. The zero-order chi connectivity index (χ0) is 14.5. The Kier molecular flexibility index (Phi) is 5.54. The number of rotatable bonds is 6. The highest BCUT2D eigenvalue weighted by molar-refractivity contribution is 5.24. The molecular weight excluding hydrogens is 258 g/mol. The summed E-state index contributed by atoms with van der Waals surface area (Å²) in [5.74, 6) is 0. The van der Waals surface area contributed by atoms with E-state index in [1.807, 2.05) is 11.6 Å². The van der Waals surface area contributed by atoms with Gasteiger partial charge >= 0.3 is 0 Å². The summed E-state index contributed by atoms with van der Waals surface area (Å²) in [6, 6.07) is 0. The molecule has 1 aromatic heterocycles. The minimum atomic E-state index is 0.116. The minimum Gasteiger partial charge on any atom is -0.394 e. The fourth-order valence-corrected chi connectivity index (χ4v) is 2.60. The van der Waals surface area contributed by atoms with Gasteiger partial charge in [-0.25, -0.2) is 0 Å². The molecule has 0 unspecified atom stereocenters. The van der Waals surface area contributed by atoms with Gasteiger partial charge in [-0.1, -0.05) is 0 Å². The second kappa shape index (κ2) is 7.17. The largest absolute Gasteiger partial charge is 0.394 e. The fourth-order valence-electron chi connectivity index (χ4n) is 2.60. The lowest BCUT2D eigenvalue weighted by Gasteiger charge is -2.27. The van der Waals surface area contributed by atoms with Crippen molar-refractivity contribution in [2.24, 2.45) is 0 Å². The lowest BCUT2D eigenvalue weighted by Crippen LogP contribution is -2.38. The van der Waals surface area contributed by atoms with E-state index in [1.54, 1.807) is 0 Å². The molecule has 6 nitrogen and oxygen atoms in total. The summed E-state index contributed by atoms with van der Waals surface area (Å²) in [5.41, 5.74) is 3.39. The number of nitrogens with zero attached hydrogens (tertiary/aromatic N) is 3. The summed E-state index contributed by atoms with van der Waals surface area (Å²) < 4.78 is 13.0. The molecule has 2 rings (SSSR count). The summed E-state index contributed by atoms with van der Waals surface area (Å²) in [6.07, 6.45) is 0.154. The van der Waals surface area contributed by atoms with E-state index >= 15 is 0 Å². The second-order valence-corrected chi connectivity index (χ2v) is 5.36. The van der Waals surface area contributed by atoms with Crippen LogP contribution < -0.4 is 0 Å². The Hall–Kier alpha value is -0.950. The maximum absolute atomic E-state index is 9.04. The molecular formula is C14H25N3O3. The molecule has 20 heavy (non-hydrogen) atoms. The van der Waals surface area contributed by atoms with E-state index in [1.165, 1.54) is 5.56 Å². The van der Waals surface area contributed by atoms with Gasteiger partial charge in [0.25, 0.3) is 0 Å². The number of aliphatic hydroxyl groups excluding tert-OH is 1. The van der Waals surface area contributed by atoms with Crippen molar-refractivity contribution in [1.29, 1.82) is 0 Å². The van der Waals surface area contributed by atoms with E-state index in [2.05, 4.69) is 24.0 Å². The first-order valence-corrected chi connectivity index (χ1v) is 7.13. The number of hydrogen-bond acceptors (Lipinski definition) is 5. The minimum absolute atomic E-state index is 0.116. The van der Waals surface area contributed by atoms with Gasteiger partial charge in [0.1, 0.15) is 0 Å². The van der Waals surface area contributed by atoms with Crippen molar-refractivity contribution in [1.82, 2.24) is 14.7 Å². The number of ether oxygens (including phenoxy) is 2. The maximum Gasteiger partial charge on any atom is 0.0936 e. The van der Waals surface area contributed by atoms with Crippen molar-refractivity contribution in [3.05, 3.63) is 17.0 Å². The van der Waals surface area contributed by atoms with Gasteiger partial charge in [-0.05, 0) is 20.9 Å². The van der Waals surface area contributed by atoms with Crippen LogP contribution in [0.15, 0.2) is 0 Å². The van der Waals surface area contributed by atoms with Crippen LogP contribution in [-0.2, 0) is 22.6 Å². The molecule has 1 saturated heterocycles. The first kappa shape index (κ1) is 15.4. The Bertz CT molecular complexity index is 428. The predicted molar refractivity (Wildman–Crippen MR) is 75.7 cm³/mol. The van der Waals surface area contributed by atoms with E-state index in [9.17, 15) is 0 Å². The highest BCUT2D eigenvalue weighted by atomic mass is 16.6. The topological polar surface area (TPSA) is 59.8 Å². The summed E-state index contributed by atoms with van der Waals surface area (Å²) >= 11 is 0. The zero-order valence-electron chi connectivity index (χ0n) is 12.6. The number of aromatic nitrogens is 2. The van der Waals surface area contributed by atoms with Gasteiger partial charge in [-0.2, -0.15) is 5.10 Å². The maximum atomic E-state index is 9.04. The van der Waals surface area contributed by atoms with Gasteiger partial charge in [-0.15, -0.1) is 0 Å². The molecule has 1 aliphatic rings. The lowest BCUT2D eigenvalue weighted by atomic mass is 10.2. The molecule has 114 valence electrons. The molecule has 0 radical (unpaired) electrons. The van der Waals surface area contributed by atoms with Crippen LogP contribution in [0.3, 0.4) is 0 Å². The Morgan fingerprint density at radius 2 is 2.20 bits per heavy atom. The van der Waals surface area contributed by atoms with E-state index < -0.39 is 0 Å². The highest BCUT2D eigenvalue weighted by Crippen LogP contribution is 2.15. The standard InChI is InChI=1S/C14H25N3O3/c1-11-14(12(2)17(15-11)4-5-18)9-16(3)8-13-10-19-6-7-20-13/h13,18H,4-10H2,1-3H3/t13-/m1/s1. The third-order valence-corrected chi connectivity index (χ3v) is 3.67. The van der Waals surface area contributed by atoms with E-state index in [4.69, 9.17) is 14.6 Å². The molecule has 0 spiro atoms. The van der Waals surface area contributed by atoms with E-state index in [0.29, 0.717) is 26.4 Å². The average Bonchev–Trinajstić information content (AvgIpc) is 2.68. The van der Waals surface area contributed by atoms with Crippen LogP contribution in [0.5, 0.6) is 0 Å². The summed E-state index contributed by atoms with van der Waals surface area (Å²) in [4.78, 5) is 2.24. The van der Waals surface area contributed by atoms with Crippen LogP contribution in [0.25, 0.3) is 0 Å². The predicted octanol–water partition coefficient (Wildman–Crippen LogP) is 0.339. The van der Waals surface area contributed by atoms with Gasteiger partial charge in [0.05, 0.1) is 44.8 Å². The molecule has 0 amide bonds. The molecule has 1 aliphatic heterocycles. The first-order valence-electron chi connectivity index (χ1n) is 7.13. The van der Waals surface area contributed by atoms with Gasteiger partial charge in [-0.3, -0.25) is 9.58 Å². The number of likely N-dealkylation sites (N-methyl/N-ethyl adjacent to an activating group) is 1. The van der Waals surface area contributed by atoms with Crippen LogP contribution >= 0.6 is 0 Å². The second-order valence-electron chi connectivity index (χ2n) is 5.36. The summed E-state index contributed by atoms with van der Waals surface area (Å²) in [5, 5.41) is 13.5. The lowest BCUT2D eigenvalue weighted by molar-refractivity contribution is -0.0963. The Morgan fingerprint density at radius 1 is 1.40 bits per heavy atom. The molecule has 1 aromatic rings. The van der Waals surface area contributed by atoms with Crippen LogP contribution in [-0.4, -0.2) is 65.9 Å². The van der Waals surface area contributed by atoms with Crippen molar-refractivity contribution in [2.75, 3.05) is 40.0 Å². The van der Waals surface area contributed by atoms with Crippen molar-refractivity contribution < 1.29 is 14.6 Å². The average molecular weight is 283 g/mol. The Morgan fingerprint density at radius 3 is 2.85 bits per heavy atom. The fraction of sp³-hybridized carbons (Fsp3) is 0.786. The molecule has 1 fully saturated rings. The van der Waals surface area contributed by atoms with Crippen LogP contribution in [0.1, 0.15) is 17.0 Å². The van der Waals surface area contributed by atoms with E-state index in [0.717, 1.165) is 24.5 Å². The normalized spacial score (nSPS) is 19.8. The quantitative estimate of drug-likeness (QED) is 0.816. The van der Waals surface area contributed by atoms with Gasteiger partial charge < -0.3 is 14.6 Å². The number of hydrogen-bond donors (Lipinski definition) is 1. The van der Waals surface area contributed by atoms with Crippen molar-refractivity contribution in [2.45, 2.75) is 33.0 Å². The zero-order valence-corrected chi connectivity index (χ0v) is 12.6. The van der Waals surface area contributed by atoms with Crippen molar-refractivity contribution >= 4 is 0 Å². The van der Waals surface area contributed by atoms with Gasteiger partial charge in [0, 0.05) is 24.3 Å². The Balaban J connectivity index is 1.94. The third kappa shape index (κ3) is 3.79. The molecule has 0 bridgehead atoms. The number of aliphatic hydroxyl groups is 1. The molecule has 0 aliphatic carbocycles. The van der Waals surface area contributed by atoms with Gasteiger partial charge in [0.2, 0.25) is 0 Å². The molecule has 2 heterocycles. The van der Waals surface area contributed by atoms with E-state index in [-0.39, 0.29) is 12.7 Å². The van der Waals surface area contributed by atoms with Crippen molar-refractivity contribution in [3.63, 3.8) is 0 Å². The van der Waals surface area contributed by atoms with Crippen LogP contribution in [0.4, 0.5) is 0 Å². The van der Waals surface area contributed by atoms with Crippen LogP contribution in [0.2, 0.25) is 0 Å². The smallest absolute Gasteiger partial charge is 0.0936 e. The van der Waals surface area contributed by atoms with Crippen LogP contribution in [0, 0.1) is 13.8 Å². The molecule has 0 saturated carbocycles. The highest BCUT2D eigenvalue weighted by Gasteiger charge is 2.18. The Labute approximate surface area is 120 Å². The third-order valence-electron chi connectivity index (χ3n) is 3.67. The van der Waals surface area contributed by atoms with Crippen molar-refractivity contribution in [3.8, 4) is 0 Å². The SMILES string of the molecule is Cc1nn(CCO)c(C)c1CN(C)C[C@@H]1COCCO1. The summed E-state index contributed by atoms with van der Waals surface area (Å²) in [6.45, 7) is 8.49. The summed E-state index contributed by atoms with van der Waals surface area (Å²) in [7, 11) is 2.08. The first-order chi connectivity index (χ1) is 9.61.